The number of esters is 1. The van der Waals surface area contributed by atoms with Gasteiger partial charge >= 0.3 is 5.97 Å². The maximum atomic E-state index is 13.0. The Hall–Kier alpha value is -3.45. The van der Waals surface area contributed by atoms with Gasteiger partial charge in [0.25, 0.3) is 0 Å². The van der Waals surface area contributed by atoms with Crippen LogP contribution in [0.3, 0.4) is 0 Å². The van der Waals surface area contributed by atoms with Crippen LogP contribution < -0.4 is 11.1 Å². The quantitative estimate of drug-likeness (QED) is 0.340. The molecular weight excluding hydrogens is 360 g/mol. The first-order chi connectivity index (χ1) is 13.3. The molecule has 0 heterocycles. The zero-order valence-electron chi connectivity index (χ0n) is 15.3. The molecule has 0 spiro atoms. The second-order valence-electron chi connectivity index (χ2n) is 6.57. The minimum absolute atomic E-state index is 0.00292. The maximum Gasteiger partial charge on any atom is 0.333 e. The largest absolute Gasteiger partial charge is 0.460 e. The van der Waals surface area contributed by atoms with E-state index in [4.69, 9.17) is 10.5 Å². The molecule has 0 aliphatic heterocycles. The standard InChI is InChI=1S/C21H20N2O5/c1-11(2)21(27)28-10-12(24)9-23-16-8-7-15(22)17-18(16)20(26)14-6-4-3-5-13(14)19(17)25/h3-8,12,23-24H,1,9-10,22H2,2H3. The number of rotatable bonds is 6. The Morgan fingerprint density at radius 2 is 1.75 bits per heavy atom. The zero-order valence-corrected chi connectivity index (χ0v) is 15.3. The molecule has 0 fully saturated rings. The lowest BCUT2D eigenvalue weighted by molar-refractivity contribution is -0.141. The molecule has 0 saturated heterocycles. The molecule has 144 valence electrons. The maximum absolute atomic E-state index is 13.0. The molecule has 4 N–H and O–H groups in total. The van der Waals surface area contributed by atoms with Gasteiger partial charge in [0.05, 0.1) is 11.1 Å². The monoisotopic (exact) mass is 380 g/mol. The van der Waals surface area contributed by atoms with E-state index in [0.29, 0.717) is 16.8 Å². The number of anilines is 2. The summed E-state index contributed by atoms with van der Waals surface area (Å²) in [6, 6.07) is 9.69. The first kappa shape index (κ1) is 19.3. The Balaban J connectivity index is 1.83. The topological polar surface area (TPSA) is 119 Å². The van der Waals surface area contributed by atoms with Gasteiger partial charge in [-0.25, -0.2) is 4.79 Å². The van der Waals surface area contributed by atoms with Crippen molar-refractivity contribution in [3.8, 4) is 0 Å². The molecule has 1 atom stereocenters. The van der Waals surface area contributed by atoms with Crippen LogP contribution in [0.4, 0.5) is 11.4 Å². The van der Waals surface area contributed by atoms with Crippen LogP contribution in [-0.4, -0.2) is 41.9 Å². The van der Waals surface area contributed by atoms with Gasteiger partial charge in [-0.05, 0) is 19.1 Å². The summed E-state index contributed by atoms with van der Waals surface area (Å²) < 4.78 is 4.90. The number of aliphatic hydroxyl groups is 1. The number of hydrogen-bond acceptors (Lipinski definition) is 7. The number of ketones is 2. The van der Waals surface area contributed by atoms with Crippen LogP contribution in [0.2, 0.25) is 0 Å². The molecule has 1 unspecified atom stereocenters. The third-order valence-corrected chi connectivity index (χ3v) is 4.39. The summed E-state index contributed by atoms with van der Waals surface area (Å²) in [5.41, 5.74) is 7.74. The zero-order chi connectivity index (χ0) is 20.4. The average Bonchev–Trinajstić information content (AvgIpc) is 2.68. The van der Waals surface area contributed by atoms with E-state index in [1.165, 1.54) is 13.0 Å². The van der Waals surface area contributed by atoms with Gasteiger partial charge in [-0.1, -0.05) is 30.8 Å². The highest BCUT2D eigenvalue weighted by Crippen LogP contribution is 2.35. The lowest BCUT2D eigenvalue weighted by Gasteiger charge is -2.23. The lowest BCUT2D eigenvalue weighted by Crippen LogP contribution is -2.28. The molecule has 7 heteroatoms. The minimum Gasteiger partial charge on any atom is -0.460 e. The summed E-state index contributed by atoms with van der Waals surface area (Å²) >= 11 is 0. The molecule has 0 saturated carbocycles. The number of hydrogen-bond donors (Lipinski definition) is 3. The highest BCUT2D eigenvalue weighted by molar-refractivity contribution is 6.31. The fourth-order valence-electron chi connectivity index (χ4n) is 2.98. The molecule has 28 heavy (non-hydrogen) atoms. The van der Waals surface area contributed by atoms with Crippen molar-refractivity contribution >= 4 is 28.9 Å². The smallest absolute Gasteiger partial charge is 0.333 e. The Morgan fingerprint density at radius 3 is 2.36 bits per heavy atom. The Morgan fingerprint density at radius 1 is 1.14 bits per heavy atom. The molecule has 2 aromatic carbocycles. The Kier molecular flexibility index (Phi) is 5.28. The number of nitrogens with two attached hydrogens (primary N) is 1. The van der Waals surface area contributed by atoms with Gasteiger partial charge in [0.15, 0.2) is 11.6 Å². The van der Waals surface area contributed by atoms with Gasteiger partial charge in [-0.2, -0.15) is 0 Å². The van der Waals surface area contributed by atoms with Crippen molar-refractivity contribution in [1.29, 1.82) is 0 Å². The van der Waals surface area contributed by atoms with Crippen LogP contribution in [0.1, 0.15) is 38.8 Å². The van der Waals surface area contributed by atoms with Crippen LogP contribution in [-0.2, 0) is 9.53 Å². The summed E-state index contributed by atoms with van der Waals surface area (Å²) in [5, 5.41) is 13.0. The van der Waals surface area contributed by atoms with E-state index in [9.17, 15) is 19.5 Å². The average molecular weight is 380 g/mol. The highest BCUT2D eigenvalue weighted by atomic mass is 16.5. The summed E-state index contributed by atoms with van der Waals surface area (Å²) in [5.74, 6) is -1.23. The summed E-state index contributed by atoms with van der Waals surface area (Å²) in [4.78, 5) is 37.2. The molecule has 1 aliphatic carbocycles. The molecule has 0 aromatic heterocycles. The fourth-order valence-corrected chi connectivity index (χ4v) is 2.98. The number of nitrogens with one attached hydrogen (secondary N) is 1. The SMILES string of the molecule is C=C(C)C(=O)OCC(O)CNc1ccc(N)c2c1C(=O)c1ccccc1C2=O. The normalized spacial score (nSPS) is 13.4. The number of benzene rings is 2. The number of nitrogen functional groups attached to an aromatic ring is 1. The number of carbonyl (C=O) groups excluding carboxylic acids is 3. The van der Waals surface area contributed by atoms with E-state index in [-0.39, 0.29) is 47.1 Å². The minimum atomic E-state index is -1.02. The molecule has 1 aliphatic rings. The predicted molar refractivity (Wildman–Crippen MR) is 104 cm³/mol. The molecule has 0 radical (unpaired) electrons. The van der Waals surface area contributed by atoms with Crippen LogP contribution in [0.25, 0.3) is 0 Å². The third kappa shape index (κ3) is 3.52. The van der Waals surface area contributed by atoms with E-state index in [1.54, 1.807) is 30.3 Å². The molecule has 0 amide bonds. The highest BCUT2D eigenvalue weighted by Gasteiger charge is 2.33. The molecule has 0 bridgehead atoms. The van der Waals surface area contributed by atoms with Crippen LogP contribution in [0, 0.1) is 0 Å². The first-order valence-electron chi connectivity index (χ1n) is 8.66. The predicted octanol–water partition coefficient (Wildman–Crippen LogP) is 1.94. The second kappa shape index (κ2) is 7.66. The van der Waals surface area contributed by atoms with Crippen molar-refractivity contribution in [2.24, 2.45) is 0 Å². The van der Waals surface area contributed by atoms with Crippen molar-refractivity contribution in [3.63, 3.8) is 0 Å². The van der Waals surface area contributed by atoms with Gasteiger partial charge in [0, 0.05) is 34.6 Å². The van der Waals surface area contributed by atoms with E-state index in [1.807, 2.05) is 0 Å². The Bertz CT molecular complexity index is 996. The van der Waals surface area contributed by atoms with E-state index >= 15 is 0 Å². The van der Waals surface area contributed by atoms with Crippen LogP contribution in [0.15, 0.2) is 48.6 Å². The Labute approximate surface area is 161 Å². The first-order valence-corrected chi connectivity index (χ1v) is 8.66. The van der Waals surface area contributed by atoms with Gasteiger partial charge in [-0.15, -0.1) is 0 Å². The van der Waals surface area contributed by atoms with E-state index in [0.717, 1.165) is 0 Å². The summed E-state index contributed by atoms with van der Waals surface area (Å²) in [6.45, 7) is 4.74. The number of fused-ring (bicyclic) bond motifs is 2. The number of aliphatic hydroxyl groups excluding tert-OH is 1. The van der Waals surface area contributed by atoms with Crippen molar-refractivity contribution in [2.75, 3.05) is 24.2 Å². The third-order valence-electron chi connectivity index (χ3n) is 4.39. The van der Waals surface area contributed by atoms with Crippen molar-refractivity contribution in [3.05, 3.63) is 70.8 Å². The van der Waals surface area contributed by atoms with Gasteiger partial charge in [-0.3, -0.25) is 9.59 Å². The van der Waals surface area contributed by atoms with E-state index < -0.39 is 12.1 Å². The van der Waals surface area contributed by atoms with Crippen molar-refractivity contribution < 1.29 is 24.2 Å². The number of carbonyl (C=O) groups is 3. The summed E-state index contributed by atoms with van der Waals surface area (Å²) in [7, 11) is 0. The summed E-state index contributed by atoms with van der Waals surface area (Å²) in [6.07, 6.45) is -1.02. The molecule has 2 aromatic rings. The molecule has 3 rings (SSSR count). The lowest BCUT2D eigenvalue weighted by atomic mass is 9.82. The molecular formula is C21H20N2O5. The van der Waals surface area contributed by atoms with E-state index in [2.05, 4.69) is 11.9 Å². The van der Waals surface area contributed by atoms with Crippen LogP contribution in [0.5, 0.6) is 0 Å². The van der Waals surface area contributed by atoms with Gasteiger partial charge in [0.2, 0.25) is 0 Å². The fraction of sp³-hybridized carbons (Fsp3) is 0.190. The van der Waals surface area contributed by atoms with Gasteiger partial charge in [0.1, 0.15) is 12.7 Å². The van der Waals surface area contributed by atoms with Crippen LogP contribution >= 0.6 is 0 Å². The number of ether oxygens (including phenoxy) is 1. The van der Waals surface area contributed by atoms with Crippen molar-refractivity contribution in [2.45, 2.75) is 13.0 Å². The van der Waals surface area contributed by atoms with Crippen molar-refractivity contribution in [1.82, 2.24) is 0 Å². The molecule has 7 nitrogen and oxygen atoms in total. The second-order valence-corrected chi connectivity index (χ2v) is 6.57. The van der Waals surface area contributed by atoms with Gasteiger partial charge < -0.3 is 20.9 Å².